The molecule has 0 saturated carbocycles. The van der Waals surface area contributed by atoms with E-state index in [-0.39, 0.29) is 0 Å². The lowest BCUT2D eigenvalue weighted by Gasteiger charge is -2.29. The summed E-state index contributed by atoms with van der Waals surface area (Å²) >= 11 is 1.73. The fourth-order valence-corrected chi connectivity index (χ4v) is 3.42. The molecule has 1 aliphatic heterocycles. The molecule has 1 heterocycles. The van der Waals surface area contributed by atoms with Gasteiger partial charge >= 0.3 is 0 Å². The Labute approximate surface area is 125 Å². The summed E-state index contributed by atoms with van der Waals surface area (Å²) in [5.74, 6) is 1.66. The van der Waals surface area contributed by atoms with Gasteiger partial charge in [0.05, 0.1) is 11.3 Å². The quantitative estimate of drug-likeness (QED) is 0.777. The first-order valence-corrected chi connectivity index (χ1v) is 8.19. The molecule has 0 N–H and O–H groups in total. The zero-order valence-electron chi connectivity index (χ0n) is 12.3. The zero-order valence-corrected chi connectivity index (χ0v) is 13.1. The van der Waals surface area contributed by atoms with Gasteiger partial charge in [-0.15, -0.1) is 11.8 Å². The van der Waals surface area contributed by atoms with E-state index in [0.29, 0.717) is 5.92 Å². The van der Waals surface area contributed by atoms with Gasteiger partial charge in [-0.3, -0.25) is 0 Å². The monoisotopic (exact) mass is 290 g/mol. The van der Waals surface area contributed by atoms with Crippen LogP contribution in [0.25, 0.3) is 0 Å². The van der Waals surface area contributed by atoms with Gasteiger partial charge in [-0.25, -0.2) is 0 Å². The average Bonchev–Trinajstić information content (AvgIpc) is 2.48. The Hall–Kier alpha value is -1.18. The number of hydrogen-bond acceptors (Lipinski definition) is 4. The van der Waals surface area contributed by atoms with Crippen molar-refractivity contribution in [2.24, 2.45) is 5.92 Å². The highest BCUT2D eigenvalue weighted by Crippen LogP contribution is 2.30. The van der Waals surface area contributed by atoms with Crippen molar-refractivity contribution in [1.29, 1.82) is 5.26 Å². The SMILES string of the molecule is CCSc1cccc(N(C)CC2CCOCC2)c1C#N. The van der Waals surface area contributed by atoms with Crippen LogP contribution in [0.1, 0.15) is 25.3 Å². The number of anilines is 1. The summed E-state index contributed by atoms with van der Waals surface area (Å²) in [6.45, 7) is 4.85. The molecule has 1 aromatic rings. The smallest absolute Gasteiger partial charge is 0.103 e. The van der Waals surface area contributed by atoms with E-state index in [9.17, 15) is 5.26 Å². The van der Waals surface area contributed by atoms with Gasteiger partial charge in [-0.05, 0) is 36.6 Å². The maximum atomic E-state index is 9.47. The first kappa shape index (κ1) is 15.2. The Bertz CT molecular complexity index is 478. The lowest BCUT2D eigenvalue weighted by atomic mass is 9.99. The van der Waals surface area contributed by atoms with E-state index in [1.54, 1.807) is 11.8 Å². The molecule has 0 amide bonds. The molecule has 2 rings (SSSR count). The van der Waals surface area contributed by atoms with Crippen molar-refractivity contribution < 1.29 is 4.74 Å². The Morgan fingerprint density at radius 3 is 2.80 bits per heavy atom. The molecular formula is C16H22N2OS. The van der Waals surface area contributed by atoms with Gasteiger partial charge < -0.3 is 9.64 Å². The van der Waals surface area contributed by atoms with Crippen molar-refractivity contribution >= 4 is 17.4 Å². The zero-order chi connectivity index (χ0) is 14.4. The van der Waals surface area contributed by atoms with Crippen LogP contribution < -0.4 is 4.90 Å². The fraction of sp³-hybridized carbons (Fsp3) is 0.562. The standard InChI is InChI=1S/C16H22N2OS/c1-3-20-16-6-4-5-15(14(16)11-17)18(2)12-13-7-9-19-10-8-13/h4-6,13H,3,7-10,12H2,1-2H3. The Balaban J connectivity index is 2.14. The van der Waals surface area contributed by atoms with Crippen molar-refractivity contribution in [2.75, 3.05) is 37.5 Å². The highest BCUT2D eigenvalue weighted by Gasteiger charge is 2.18. The first-order chi connectivity index (χ1) is 9.76. The molecule has 0 aromatic heterocycles. The number of thioether (sulfide) groups is 1. The number of hydrogen-bond donors (Lipinski definition) is 0. The van der Waals surface area contributed by atoms with Gasteiger partial charge in [-0.2, -0.15) is 5.26 Å². The predicted molar refractivity (Wildman–Crippen MR) is 84.4 cm³/mol. The van der Waals surface area contributed by atoms with Crippen molar-refractivity contribution in [3.05, 3.63) is 23.8 Å². The number of rotatable bonds is 5. The molecule has 20 heavy (non-hydrogen) atoms. The summed E-state index contributed by atoms with van der Waals surface area (Å²) in [6.07, 6.45) is 2.24. The summed E-state index contributed by atoms with van der Waals surface area (Å²) < 4.78 is 5.41. The van der Waals surface area contributed by atoms with E-state index in [4.69, 9.17) is 4.74 Å². The molecule has 1 aromatic carbocycles. The maximum Gasteiger partial charge on any atom is 0.103 e. The highest BCUT2D eigenvalue weighted by atomic mass is 32.2. The molecule has 108 valence electrons. The van der Waals surface area contributed by atoms with Crippen molar-refractivity contribution in [1.82, 2.24) is 0 Å². The van der Waals surface area contributed by atoms with E-state index in [0.717, 1.165) is 54.5 Å². The summed E-state index contributed by atoms with van der Waals surface area (Å²) in [5, 5.41) is 9.47. The summed E-state index contributed by atoms with van der Waals surface area (Å²) in [5.41, 5.74) is 1.87. The van der Waals surface area contributed by atoms with Crippen LogP contribution in [-0.2, 0) is 4.74 Å². The van der Waals surface area contributed by atoms with Crippen LogP contribution in [0.4, 0.5) is 5.69 Å². The van der Waals surface area contributed by atoms with E-state index in [2.05, 4.69) is 37.1 Å². The minimum atomic E-state index is 0.669. The molecule has 0 atom stereocenters. The number of nitrogens with zero attached hydrogens (tertiary/aromatic N) is 2. The van der Waals surface area contributed by atoms with E-state index < -0.39 is 0 Å². The van der Waals surface area contributed by atoms with Gasteiger partial charge in [0, 0.05) is 31.7 Å². The third-order valence-corrected chi connectivity index (χ3v) is 4.64. The van der Waals surface area contributed by atoms with Gasteiger partial charge in [-0.1, -0.05) is 13.0 Å². The molecule has 3 nitrogen and oxygen atoms in total. The lowest BCUT2D eigenvalue weighted by molar-refractivity contribution is 0.0685. The second-order valence-corrected chi connectivity index (χ2v) is 6.44. The van der Waals surface area contributed by atoms with E-state index in [1.165, 1.54) is 0 Å². The molecule has 1 fully saturated rings. The topological polar surface area (TPSA) is 36.3 Å². The van der Waals surface area contributed by atoms with Crippen LogP contribution in [0.2, 0.25) is 0 Å². The first-order valence-electron chi connectivity index (χ1n) is 7.21. The van der Waals surface area contributed by atoms with Crippen LogP contribution in [0, 0.1) is 17.2 Å². The molecular weight excluding hydrogens is 268 g/mol. The molecule has 0 aliphatic carbocycles. The minimum absolute atomic E-state index is 0.669. The molecule has 0 unspecified atom stereocenters. The molecule has 4 heteroatoms. The largest absolute Gasteiger partial charge is 0.381 e. The van der Waals surface area contributed by atoms with Gasteiger partial charge in [0.15, 0.2) is 0 Å². The van der Waals surface area contributed by atoms with Crippen LogP contribution in [0.3, 0.4) is 0 Å². The van der Waals surface area contributed by atoms with Crippen LogP contribution >= 0.6 is 11.8 Å². The highest BCUT2D eigenvalue weighted by molar-refractivity contribution is 7.99. The molecule has 0 spiro atoms. The maximum absolute atomic E-state index is 9.47. The minimum Gasteiger partial charge on any atom is -0.381 e. The average molecular weight is 290 g/mol. The van der Waals surface area contributed by atoms with Crippen molar-refractivity contribution in [2.45, 2.75) is 24.7 Å². The number of nitriles is 1. The fourth-order valence-electron chi connectivity index (χ4n) is 2.64. The number of ether oxygens (including phenoxy) is 1. The summed E-state index contributed by atoms with van der Waals surface area (Å²) in [7, 11) is 2.09. The lowest BCUT2D eigenvalue weighted by Crippen LogP contribution is -2.30. The Morgan fingerprint density at radius 2 is 2.15 bits per heavy atom. The normalized spacial score (nSPS) is 15.8. The molecule has 0 bridgehead atoms. The molecule has 1 saturated heterocycles. The van der Waals surface area contributed by atoms with Crippen molar-refractivity contribution in [3.8, 4) is 6.07 Å². The Morgan fingerprint density at radius 1 is 1.40 bits per heavy atom. The van der Waals surface area contributed by atoms with Crippen LogP contribution in [-0.4, -0.2) is 32.6 Å². The van der Waals surface area contributed by atoms with E-state index in [1.807, 2.05) is 6.07 Å². The second kappa shape index (κ2) is 7.56. The third-order valence-electron chi connectivity index (χ3n) is 3.70. The third kappa shape index (κ3) is 3.68. The second-order valence-electron chi connectivity index (χ2n) is 5.13. The summed E-state index contributed by atoms with van der Waals surface area (Å²) in [4.78, 5) is 3.32. The number of benzene rings is 1. The van der Waals surface area contributed by atoms with Gasteiger partial charge in [0.2, 0.25) is 0 Å². The van der Waals surface area contributed by atoms with Crippen LogP contribution in [0.15, 0.2) is 23.1 Å². The van der Waals surface area contributed by atoms with E-state index >= 15 is 0 Å². The van der Waals surface area contributed by atoms with Crippen molar-refractivity contribution in [3.63, 3.8) is 0 Å². The molecule has 1 aliphatic rings. The molecule has 0 radical (unpaired) electrons. The van der Waals surface area contributed by atoms with Crippen LogP contribution in [0.5, 0.6) is 0 Å². The Kier molecular flexibility index (Phi) is 5.75. The summed E-state index contributed by atoms with van der Waals surface area (Å²) in [6, 6.07) is 8.52. The van der Waals surface area contributed by atoms with Gasteiger partial charge in [0.25, 0.3) is 0 Å². The van der Waals surface area contributed by atoms with Gasteiger partial charge in [0.1, 0.15) is 6.07 Å². The predicted octanol–water partition coefficient (Wildman–Crippen LogP) is 3.53.